The van der Waals surface area contributed by atoms with Gasteiger partial charge in [-0.3, -0.25) is 4.79 Å². The molecule has 1 aliphatic rings. The van der Waals surface area contributed by atoms with Gasteiger partial charge in [-0.2, -0.15) is 4.31 Å². The van der Waals surface area contributed by atoms with Crippen molar-refractivity contribution in [3.63, 3.8) is 0 Å². The van der Waals surface area contributed by atoms with Crippen molar-refractivity contribution in [2.24, 2.45) is 0 Å². The topological polar surface area (TPSA) is 66.9 Å². The van der Waals surface area contributed by atoms with Crippen LogP contribution in [-0.4, -0.2) is 56.8 Å². The summed E-state index contributed by atoms with van der Waals surface area (Å²) in [6, 6.07) is 14.1. The minimum absolute atomic E-state index is 0.0272. The van der Waals surface area contributed by atoms with Crippen molar-refractivity contribution in [1.29, 1.82) is 0 Å². The van der Waals surface area contributed by atoms with Gasteiger partial charge in [0.2, 0.25) is 10.0 Å². The van der Waals surface area contributed by atoms with Crippen LogP contribution in [0.2, 0.25) is 0 Å². The molecule has 0 heterocycles. The van der Waals surface area contributed by atoms with E-state index in [2.05, 4.69) is 0 Å². The first-order valence-corrected chi connectivity index (χ1v) is 12.3. The van der Waals surface area contributed by atoms with Crippen LogP contribution in [0, 0.1) is 6.92 Å². The molecule has 2 aromatic carbocycles. The summed E-state index contributed by atoms with van der Waals surface area (Å²) in [5, 5.41) is 0. The van der Waals surface area contributed by atoms with Crippen LogP contribution in [0.1, 0.15) is 48.0 Å². The van der Waals surface area contributed by atoms with Crippen LogP contribution in [0.15, 0.2) is 53.4 Å². The molecule has 1 fully saturated rings. The van der Waals surface area contributed by atoms with Gasteiger partial charge in [0.1, 0.15) is 12.4 Å². The predicted octanol–water partition coefficient (Wildman–Crippen LogP) is 4.10. The van der Waals surface area contributed by atoms with Crippen molar-refractivity contribution >= 4 is 15.9 Å². The van der Waals surface area contributed by atoms with E-state index < -0.39 is 10.0 Å². The first-order valence-electron chi connectivity index (χ1n) is 10.8. The molecule has 0 spiro atoms. The summed E-state index contributed by atoms with van der Waals surface area (Å²) in [6.45, 7) is 2.72. The third kappa shape index (κ3) is 5.66. The summed E-state index contributed by atoms with van der Waals surface area (Å²) >= 11 is 0. The standard InChI is InChI=1S/C24H32N2O4S/c1-19-10-7-8-15-23(19)30-17-16-25(2)24(27)20-11-9-14-22(18-20)31(28,29)26(3)21-12-5-4-6-13-21/h7-11,14-15,18,21H,4-6,12-13,16-17H2,1-3H3. The Kier molecular flexibility index (Phi) is 7.73. The maximum atomic E-state index is 13.1. The van der Waals surface area contributed by atoms with Crippen LogP contribution in [0.3, 0.4) is 0 Å². The van der Waals surface area contributed by atoms with Gasteiger partial charge in [0.05, 0.1) is 11.4 Å². The average Bonchev–Trinajstić information content (AvgIpc) is 2.79. The van der Waals surface area contributed by atoms with E-state index in [1.54, 1.807) is 37.2 Å². The van der Waals surface area contributed by atoms with E-state index in [4.69, 9.17) is 4.74 Å². The zero-order chi connectivity index (χ0) is 22.4. The van der Waals surface area contributed by atoms with E-state index in [-0.39, 0.29) is 16.8 Å². The van der Waals surface area contributed by atoms with E-state index in [0.29, 0.717) is 18.7 Å². The average molecular weight is 445 g/mol. The number of sulfonamides is 1. The Balaban J connectivity index is 1.65. The molecule has 1 aliphatic carbocycles. The van der Waals surface area contributed by atoms with E-state index in [1.807, 2.05) is 31.2 Å². The Bertz CT molecular complexity index is 1000. The first-order chi connectivity index (χ1) is 14.8. The van der Waals surface area contributed by atoms with Gasteiger partial charge in [-0.25, -0.2) is 8.42 Å². The Morgan fingerprint density at radius 2 is 1.74 bits per heavy atom. The van der Waals surface area contributed by atoms with Crippen LogP contribution in [0.4, 0.5) is 0 Å². The molecule has 0 radical (unpaired) electrons. The van der Waals surface area contributed by atoms with E-state index in [1.165, 1.54) is 10.4 Å². The largest absolute Gasteiger partial charge is 0.491 e. The Labute approximate surface area is 185 Å². The van der Waals surface area contributed by atoms with E-state index in [0.717, 1.165) is 43.4 Å². The second-order valence-corrected chi connectivity index (χ2v) is 10.2. The SMILES string of the molecule is Cc1ccccc1OCCN(C)C(=O)c1cccc(S(=O)(=O)N(C)C2CCCCC2)c1. The first kappa shape index (κ1) is 23.3. The monoisotopic (exact) mass is 444 g/mol. The minimum Gasteiger partial charge on any atom is -0.491 e. The number of aryl methyl sites for hydroxylation is 1. The van der Waals surface area contributed by atoms with Crippen LogP contribution in [0.5, 0.6) is 5.75 Å². The number of carbonyl (C=O) groups excluding carboxylic acids is 1. The summed E-state index contributed by atoms with van der Waals surface area (Å²) in [7, 11) is -0.299. The molecular weight excluding hydrogens is 412 g/mol. The number of benzene rings is 2. The van der Waals surface area contributed by atoms with Gasteiger partial charge in [-0.1, -0.05) is 43.5 Å². The maximum Gasteiger partial charge on any atom is 0.253 e. The molecule has 6 nitrogen and oxygen atoms in total. The lowest BCUT2D eigenvalue weighted by Crippen LogP contribution is -2.38. The lowest BCUT2D eigenvalue weighted by atomic mass is 9.96. The molecule has 2 aromatic rings. The second kappa shape index (κ2) is 10.3. The second-order valence-electron chi connectivity index (χ2n) is 8.18. The van der Waals surface area contributed by atoms with Crippen LogP contribution >= 0.6 is 0 Å². The summed E-state index contributed by atoms with van der Waals surface area (Å²) in [6.07, 6.45) is 5.04. The molecule has 31 heavy (non-hydrogen) atoms. The molecule has 0 aromatic heterocycles. The molecule has 0 unspecified atom stereocenters. The summed E-state index contributed by atoms with van der Waals surface area (Å²) in [5.41, 5.74) is 1.40. The zero-order valence-electron chi connectivity index (χ0n) is 18.6. The van der Waals surface area contributed by atoms with Gasteiger partial charge in [-0.05, 0) is 49.6 Å². The van der Waals surface area contributed by atoms with Gasteiger partial charge in [0, 0.05) is 25.7 Å². The molecule has 1 amide bonds. The zero-order valence-corrected chi connectivity index (χ0v) is 19.4. The molecule has 168 valence electrons. The van der Waals surface area contributed by atoms with Crippen molar-refractivity contribution < 1.29 is 17.9 Å². The number of likely N-dealkylation sites (N-methyl/N-ethyl adjacent to an activating group) is 1. The normalized spacial score (nSPS) is 15.1. The van der Waals surface area contributed by atoms with E-state index in [9.17, 15) is 13.2 Å². The molecule has 0 atom stereocenters. The molecule has 0 bridgehead atoms. The molecule has 0 aliphatic heterocycles. The number of hydrogen-bond acceptors (Lipinski definition) is 4. The number of para-hydroxylation sites is 1. The molecule has 0 saturated heterocycles. The highest BCUT2D eigenvalue weighted by molar-refractivity contribution is 7.89. The van der Waals surface area contributed by atoms with Crippen LogP contribution < -0.4 is 4.74 Å². The fourth-order valence-electron chi connectivity index (χ4n) is 3.93. The van der Waals surface area contributed by atoms with Crippen LogP contribution in [0.25, 0.3) is 0 Å². The summed E-state index contributed by atoms with van der Waals surface area (Å²) in [4.78, 5) is 14.6. The van der Waals surface area contributed by atoms with Crippen molar-refractivity contribution in [2.45, 2.75) is 50.0 Å². The number of rotatable bonds is 8. The molecule has 0 N–H and O–H groups in total. The molecular formula is C24H32N2O4S. The Morgan fingerprint density at radius 1 is 1.03 bits per heavy atom. The lowest BCUT2D eigenvalue weighted by molar-refractivity contribution is 0.0773. The number of carbonyl (C=O) groups is 1. The number of amides is 1. The van der Waals surface area contributed by atoms with Crippen molar-refractivity contribution in [3.05, 3.63) is 59.7 Å². The molecule has 1 saturated carbocycles. The van der Waals surface area contributed by atoms with E-state index >= 15 is 0 Å². The molecule has 7 heteroatoms. The fourth-order valence-corrected chi connectivity index (χ4v) is 5.39. The number of ether oxygens (including phenoxy) is 1. The Hall–Kier alpha value is -2.38. The van der Waals surface area contributed by atoms with Crippen molar-refractivity contribution in [1.82, 2.24) is 9.21 Å². The van der Waals surface area contributed by atoms with Gasteiger partial charge in [0.15, 0.2) is 0 Å². The third-order valence-corrected chi connectivity index (χ3v) is 7.88. The Morgan fingerprint density at radius 3 is 2.45 bits per heavy atom. The third-order valence-electron chi connectivity index (χ3n) is 5.97. The number of nitrogens with zero attached hydrogens (tertiary/aromatic N) is 2. The van der Waals surface area contributed by atoms with Gasteiger partial charge >= 0.3 is 0 Å². The van der Waals surface area contributed by atoms with Gasteiger partial charge in [0.25, 0.3) is 5.91 Å². The quantitative estimate of drug-likeness (QED) is 0.615. The fraction of sp³-hybridized carbons (Fsp3) is 0.458. The summed E-state index contributed by atoms with van der Waals surface area (Å²) in [5.74, 6) is 0.563. The molecule has 3 rings (SSSR count). The predicted molar refractivity (Wildman–Crippen MR) is 122 cm³/mol. The highest BCUT2D eigenvalue weighted by Gasteiger charge is 2.29. The van der Waals surface area contributed by atoms with Gasteiger partial charge < -0.3 is 9.64 Å². The van der Waals surface area contributed by atoms with Crippen molar-refractivity contribution in [2.75, 3.05) is 27.2 Å². The maximum absolute atomic E-state index is 13.1. The van der Waals surface area contributed by atoms with Gasteiger partial charge in [-0.15, -0.1) is 0 Å². The number of hydrogen-bond donors (Lipinski definition) is 0. The summed E-state index contributed by atoms with van der Waals surface area (Å²) < 4.78 is 33.5. The lowest BCUT2D eigenvalue weighted by Gasteiger charge is -2.30. The van der Waals surface area contributed by atoms with Crippen LogP contribution in [-0.2, 0) is 10.0 Å². The minimum atomic E-state index is -3.64. The highest BCUT2D eigenvalue weighted by atomic mass is 32.2. The highest BCUT2D eigenvalue weighted by Crippen LogP contribution is 2.27. The smallest absolute Gasteiger partial charge is 0.253 e. The van der Waals surface area contributed by atoms with Crippen molar-refractivity contribution in [3.8, 4) is 5.75 Å².